The van der Waals surface area contributed by atoms with Gasteiger partial charge in [0.15, 0.2) is 0 Å². The fourth-order valence-electron chi connectivity index (χ4n) is 9.16. The molecule has 0 aliphatic rings. The molecule has 0 aliphatic heterocycles. The summed E-state index contributed by atoms with van der Waals surface area (Å²) in [5.41, 5.74) is 17.5. The lowest BCUT2D eigenvalue weighted by molar-refractivity contribution is 1.28. The summed E-state index contributed by atoms with van der Waals surface area (Å²) in [5, 5.41) is 4.98. The molecule has 296 valence electrons. The van der Waals surface area contributed by atoms with Crippen LogP contribution in [0.25, 0.3) is 88.3 Å². The van der Waals surface area contributed by atoms with Crippen molar-refractivity contribution in [3.8, 4) is 66.8 Å². The number of hydrogen-bond acceptors (Lipinski definition) is 1. The first-order valence-electron chi connectivity index (χ1n) is 21.7. The molecular weight excluding hydrogens is 759 g/mol. The molecule has 1 nitrogen and oxygen atoms in total. The Hall–Kier alpha value is -8.26. The smallest absolute Gasteiger partial charge is 0.0540 e. The van der Waals surface area contributed by atoms with Gasteiger partial charge < -0.3 is 4.90 Å². The lowest BCUT2D eigenvalue weighted by Crippen LogP contribution is -2.11. The monoisotopic (exact) mass is 801 g/mol. The second-order valence-electron chi connectivity index (χ2n) is 16.1. The van der Waals surface area contributed by atoms with E-state index >= 15 is 0 Å². The molecule has 0 heterocycles. The van der Waals surface area contributed by atoms with E-state index in [1.165, 1.54) is 82.7 Å². The second kappa shape index (κ2) is 16.7. The molecular formula is C62H43N. The van der Waals surface area contributed by atoms with Crippen LogP contribution in [0.5, 0.6) is 0 Å². The van der Waals surface area contributed by atoms with Crippen molar-refractivity contribution in [3.05, 3.63) is 261 Å². The second-order valence-corrected chi connectivity index (χ2v) is 16.1. The van der Waals surface area contributed by atoms with E-state index in [-0.39, 0.29) is 0 Å². The topological polar surface area (TPSA) is 3.24 Å². The van der Waals surface area contributed by atoms with Crippen molar-refractivity contribution in [2.24, 2.45) is 0 Å². The summed E-state index contributed by atoms with van der Waals surface area (Å²) in [7, 11) is 0. The van der Waals surface area contributed by atoms with Gasteiger partial charge in [-0.2, -0.15) is 0 Å². The van der Waals surface area contributed by atoms with Crippen LogP contribution in [-0.4, -0.2) is 0 Å². The Kier molecular flexibility index (Phi) is 9.97. The molecule has 0 N–H and O–H groups in total. The highest BCUT2D eigenvalue weighted by Crippen LogP contribution is 2.47. The van der Waals surface area contributed by atoms with E-state index in [1.54, 1.807) is 0 Å². The van der Waals surface area contributed by atoms with Crippen molar-refractivity contribution < 1.29 is 0 Å². The molecule has 0 aromatic heterocycles. The lowest BCUT2D eigenvalue weighted by Gasteiger charge is -2.29. The summed E-state index contributed by atoms with van der Waals surface area (Å²) in [6.45, 7) is 0. The Labute approximate surface area is 369 Å². The molecule has 0 aliphatic carbocycles. The normalized spacial score (nSPS) is 11.2. The Morgan fingerprint density at radius 3 is 1.41 bits per heavy atom. The first-order chi connectivity index (χ1) is 31.2. The lowest BCUT2D eigenvalue weighted by atomic mass is 9.86. The van der Waals surface area contributed by atoms with E-state index in [2.05, 4.69) is 266 Å². The molecule has 0 atom stereocenters. The van der Waals surface area contributed by atoms with Gasteiger partial charge in [-0.1, -0.05) is 218 Å². The van der Waals surface area contributed by atoms with Gasteiger partial charge in [0, 0.05) is 16.9 Å². The molecule has 0 saturated carbocycles. The maximum Gasteiger partial charge on any atom is 0.0540 e. The van der Waals surface area contributed by atoms with Gasteiger partial charge in [-0.3, -0.25) is 0 Å². The molecule has 1 heteroatoms. The van der Waals surface area contributed by atoms with Crippen molar-refractivity contribution >= 4 is 38.6 Å². The van der Waals surface area contributed by atoms with E-state index in [9.17, 15) is 0 Å². The van der Waals surface area contributed by atoms with Gasteiger partial charge in [0.2, 0.25) is 0 Å². The van der Waals surface area contributed by atoms with Crippen molar-refractivity contribution in [1.82, 2.24) is 0 Å². The molecule has 0 fully saturated rings. The van der Waals surface area contributed by atoms with Crippen LogP contribution in [0.4, 0.5) is 17.1 Å². The third kappa shape index (κ3) is 7.37. The third-order valence-electron chi connectivity index (χ3n) is 12.3. The zero-order valence-corrected chi connectivity index (χ0v) is 34.8. The minimum absolute atomic E-state index is 1.08. The Morgan fingerprint density at radius 2 is 0.667 bits per heavy atom. The van der Waals surface area contributed by atoms with Gasteiger partial charge in [0.05, 0.1) is 5.69 Å². The first-order valence-corrected chi connectivity index (χ1v) is 21.7. The van der Waals surface area contributed by atoms with E-state index in [0.717, 1.165) is 22.6 Å². The quantitative estimate of drug-likeness (QED) is 0.141. The predicted octanol–water partition coefficient (Wildman–Crippen LogP) is 17.5. The van der Waals surface area contributed by atoms with Crippen molar-refractivity contribution in [1.29, 1.82) is 0 Å². The van der Waals surface area contributed by atoms with Gasteiger partial charge in [-0.15, -0.1) is 0 Å². The fourth-order valence-corrected chi connectivity index (χ4v) is 9.16. The van der Waals surface area contributed by atoms with Gasteiger partial charge in [0.1, 0.15) is 0 Å². The average molecular weight is 802 g/mol. The highest BCUT2D eigenvalue weighted by atomic mass is 15.1. The fraction of sp³-hybridized carbons (Fsp3) is 0. The summed E-state index contributed by atoms with van der Waals surface area (Å²) < 4.78 is 0. The average Bonchev–Trinajstić information content (AvgIpc) is 3.37. The van der Waals surface area contributed by atoms with Crippen molar-refractivity contribution in [2.45, 2.75) is 0 Å². The number of fused-ring (bicyclic) bond motifs is 2. The summed E-state index contributed by atoms with van der Waals surface area (Å²) in [5.74, 6) is 0. The number of hydrogen-bond donors (Lipinski definition) is 0. The van der Waals surface area contributed by atoms with Crippen LogP contribution < -0.4 is 4.90 Å². The Balaban J connectivity index is 1.09. The summed E-state index contributed by atoms with van der Waals surface area (Å²) in [4.78, 5) is 2.42. The third-order valence-corrected chi connectivity index (χ3v) is 12.3. The van der Waals surface area contributed by atoms with Crippen molar-refractivity contribution in [2.75, 3.05) is 4.90 Å². The molecule has 0 bridgehead atoms. The van der Waals surface area contributed by atoms with E-state index in [4.69, 9.17) is 0 Å². The first kappa shape index (κ1) is 37.7. The van der Waals surface area contributed by atoms with Gasteiger partial charge in [-0.05, 0) is 125 Å². The van der Waals surface area contributed by atoms with Gasteiger partial charge >= 0.3 is 0 Å². The Morgan fingerprint density at radius 1 is 0.206 bits per heavy atom. The SMILES string of the molecule is c1ccc(-c2ccc(-c3ccccc3N(c3ccc(-c4ccc5ccccc5c4)cc3)c3ccc(-c4cccc5ccccc45)cc3)c(-c3ccccc3-c3ccccc3)c2)cc1. The number of rotatable bonds is 9. The number of benzene rings is 11. The number of para-hydroxylation sites is 1. The molecule has 0 unspecified atom stereocenters. The molecule has 0 spiro atoms. The van der Waals surface area contributed by atoms with Crippen molar-refractivity contribution in [3.63, 3.8) is 0 Å². The van der Waals surface area contributed by atoms with Crippen LogP contribution in [0, 0.1) is 0 Å². The number of anilines is 3. The van der Waals surface area contributed by atoms with Gasteiger partial charge in [0.25, 0.3) is 0 Å². The maximum absolute atomic E-state index is 2.42. The zero-order chi connectivity index (χ0) is 42.0. The van der Waals surface area contributed by atoms with Crippen LogP contribution >= 0.6 is 0 Å². The van der Waals surface area contributed by atoms with Crippen LogP contribution in [0.2, 0.25) is 0 Å². The molecule has 11 aromatic carbocycles. The van der Waals surface area contributed by atoms with E-state index in [1.807, 2.05) is 0 Å². The van der Waals surface area contributed by atoms with Gasteiger partial charge in [-0.25, -0.2) is 0 Å². The molecule has 0 amide bonds. The molecule has 63 heavy (non-hydrogen) atoms. The molecule has 0 saturated heterocycles. The van der Waals surface area contributed by atoms with Crippen LogP contribution in [0.15, 0.2) is 261 Å². The van der Waals surface area contributed by atoms with E-state index in [0.29, 0.717) is 0 Å². The van der Waals surface area contributed by atoms with Crippen LogP contribution in [0.3, 0.4) is 0 Å². The van der Waals surface area contributed by atoms with Crippen LogP contribution in [-0.2, 0) is 0 Å². The number of nitrogens with zero attached hydrogens (tertiary/aromatic N) is 1. The Bertz CT molecular complexity index is 3360. The minimum atomic E-state index is 1.08. The zero-order valence-electron chi connectivity index (χ0n) is 34.8. The predicted molar refractivity (Wildman–Crippen MR) is 269 cm³/mol. The highest BCUT2D eigenvalue weighted by Gasteiger charge is 2.21. The molecule has 0 radical (unpaired) electrons. The standard InChI is InChI=1S/C62H43N/c1-3-16-44(17-4-1)52-36-41-59(61(43-52)58-26-12-11-25-57(58)47-19-5-2-6-20-47)60-27-13-14-29-62(60)63(53-37-32-46(33-38-53)51-31-30-45-18-7-8-22-50(45)42-51)54-39-34-49(35-40-54)56-28-15-23-48-21-9-10-24-55(48)56/h1-43H. The molecule has 11 rings (SSSR count). The summed E-state index contributed by atoms with van der Waals surface area (Å²) >= 11 is 0. The summed E-state index contributed by atoms with van der Waals surface area (Å²) in [6.07, 6.45) is 0. The van der Waals surface area contributed by atoms with Crippen LogP contribution in [0.1, 0.15) is 0 Å². The minimum Gasteiger partial charge on any atom is -0.310 e. The largest absolute Gasteiger partial charge is 0.310 e. The highest BCUT2D eigenvalue weighted by molar-refractivity contribution is 6.00. The molecule has 11 aromatic rings. The summed E-state index contributed by atoms with van der Waals surface area (Å²) in [6, 6.07) is 94.8. The maximum atomic E-state index is 2.42. The van der Waals surface area contributed by atoms with E-state index < -0.39 is 0 Å².